The molecule has 0 atom stereocenters. The summed E-state index contributed by atoms with van der Waals surface area (Å²) in [4.78, 5) is 12.4. The van der Waals surface area contributed by atoms with E-state index < -0.39 is 0 Å². The average Bonchev–Trinajstić information content (AvgIpc) is 2.76. The highest BCUT2D eigenvalue weighted by Gasteiger charge is 2.16. The molecule has 5 nitrogen and oxygen atoms in total. The summed E-state index contributed by atoms with van der Waals surface area (Å²) in [5.41, 5.74) is 4.66. The van der Waals surface area contributed by atoms with Gasteiger partial charge in [0.15, 0.2) is 5.82 Å². The first-order valence-electron chi connectivity index (χ1n) is 10.3. The van der Waals surface area contributed by atoms with Gasteiger partial charge in [0.1, 0.15) is 0 Å². The predicted molar refractivity (Wildman–Crippen MR) is 116 cm³/mol. The Morgan fingerprint density at radius 3 is 2.24 bits per heavy atom. The molecule has 29 heavy (non-hydrogen) atoms. The molecule has 1 fully saturated rings. The Bertz CT molecular complexity index is 944. The summed E-state index contributed by atoms with van der Waals surface area (Å²) < 4.78 is 0. The number of aryl methyl sites for hydroxylation is 1. The van der Waals surface area contributed by atoms with E-state index in [1.165, 1.54) is 24.8 Å². The molecular weight excluding hydrogens is 360 g/mol. The lowest BCUT2D eigenvalue weighted by Gasteiger charge is -2.22. The molecule has 2 aromatic carbocycles. The number of hydrogen-bond donors (Lipinski definition) is 2. The van der Waals surface area contributed by atoms with Crippen molar-refractivity contribution in [2.75, 3.05) is 5.32 Å². The van der Waals surface area contributed by atoms with Gasteiger partial charge in [0.05, 0.1) is 5.69 Å². The van der Waals surface area contributed by atoms with Crippen molar-refractivity contribution >= 4 is 17.4 Å². The van der Waals surface area contributed by atoms with E-state index >= 15 is 0 Å². The molecule has 148 valence electrons. The third-order valence-corrected chi connectivity index (χ3v) is 5.37. The largest absolute Gasteiger partial charge is 0.349 e. The molecule has 5 heteroatoms. The van der Waals surface area contributed by atoms with E-state index in [9.17, 15) is 4.79 Å². The van der Waals surface area contributed by atoms with Crippen LogP contribution in [0, 0.1) is 6.92 Å². The molecule has 0 aliphatic heterocycles. The number of nitrogens with zero attached hydrogens (tertiary/aromatic N) is 2. The van der Waals surface area contributed by atoms with Gasteiger partial charge in [0.25, 0.3) is 5.91 Å². The van der Waals surface area contributed by atoms with E-state index in [2.05, 4.69) is 39.9 Å². The van der Waals surface area contributed by atoms with E-state index in [0.717, 1.165) is 29.8 Å². The monoisotopic (exact) mass is 386 g/mol. The normalized spacial score (nSPS) is 14.4. The van der Waals surface area contributed by atoms with Crippen molar-refractivity contribution in [3.63, 3.8) is 0 Å². The van der Waals surface area contributed by atoms with Gasteiger partial charge < -0.3 is 10.6 Å². The molecule has 0 radical (unpaired) electrons. The SMILES string of the molecule is Cc1ccc(-c2ccc(Nc3ccc(C(=O)NC4CCCCC4)cc3)nn2)cc1. The molecule has 0 bridgehead atoms. The van der Waals surface area contributed by atoms with E-state index in [4.69, 9.17) is 0 Å². The molecule has 0 spiro atoms. The van der Waals surface area contributed by atoms with Crippen LogP contribution in [0.3, 0.4) is 0 Å². The zero-order valence-electron chi connectivity index (χ0n) is 16.7. The van der Waals surface area contributed by atoms with Crippen LogP contribution in [0.1, 0.15) is 48.0 Å². The molecular formula is C24H26N4O. The Hall–Kier alpha value is -3.21. The molecule has 4 rings (SSSR count). The molecule has 0 unspecified atom stereocenters. The number of nitrogens with one attached hydrogen (secondary N) is 2. The van der Waals surface area contributed by atoms with Crippen LogP contribution in [0.2, 0.25) is 0 Å². The summed E-state index contributed by atoms with van der Waals surface area (Å²) in [6.45, 7) is 2.06. The number of aromatic nitrogens is 2. The van der Waals surface area contributed by atoms with Crippen molar-refractivity contribution < 1.29 is 4.79 Å². The van der Waals surface area contributed by atoms with E-state index in [1.54, 1.807) is 0 Å². The van der Waals surface area contributed by atoms with Crippen LogP contribution >= 0.6 is 0 Å². The maximum absolute atomic E-state index is 12.4. The first kappa shape index (κ1) is 19.1. The molecule has 1 amide bonds. The van der Waals surface area contributed by atoms with Gasteiger partial charge in [-0.25, -0.2) is 0 Å². The molecule has 0 saturated heterocycles. The molecule has 1 saturated carbocycles. The van der Waals surface area contributed by atoms with Crippen LogP contribution in [-0.2, 0) is 0 Å². The van der Waals surface area contributed by atoms with Crippen molar-refractivity contribution in [2.24, 2.45) is 0 Å². The number of amides is 1. The second kappa shape index (κ2) is 8.86. The van der Waals surface area contributed by atoms with Crippen molar-refractivity contribution in [1.82, 2.24) is 15.5 Å². The van der Waals surface area contributed by atoms with Crippen molar-refractivity contribution in [3.05, 3.63) is 71.8 Å². The van der Waals surface area contributed by atoms with E-state index in [1.807, 2.05) is 48.5 Å². The Morgan fingerprint density at radius 2 is 1.59 bits per heavy atom. The standard InChI is InChI=1S/C24H26N4O/c1-17-7-9-18(10-8-17)22-15-16-23(28-27-22)25-21-13-11-19(12-14-21)24(29)26-20-5-3-2-4-6-20/h7-16,20H,2-6H2,1H3,(H,25,28)(H,26,29). The number of benzene rings is 2. The highest BCUT2D eigenvalue weighted by Crippen LogP contribution is 2.21. The van der Waals surface area contributed by atoms with Crippen LogP contribution in [0.15, 0.2) is 60.7 Å². The molecule has 1 aliphatic carbocycles. The smallest absolute Gasteiger partial charge is 0.251 e. The van der Waals surface area contributed by atoms with Gasteiger partial charge in [-0.2, -0.15) is 0 Å². The lowest BCUT2D eigenvalue weighted by atomic mass is 9.95. The zero-order valence-corrected chi connectivity index (χ0v) is 16.7. The highest BCUT2D eigenvalue weighted by atomic mass is 16.1. The first-order valence-corrected chi connectivity index (χ1v) is 10.3. The van der Waals surface area contributed by atoms with E-state index in [-0.39, 0.29) is 5.91 Å². The molecule has 1 aliphatic rings. The minimum absolute atomic E-state index is 0.00527. The van der Waals surface area contributed by atoms with Gasteiger partial charge in [-0.3, -0.25) is 4.79 Å². The highest BCUT2D eigenvalue weighted by molar-refractivity contribution is 5.94. The summed E-state index contributed by atoms with van der Waals surface area (Å²) in [7, 11) is 0. The number of hydrogen-bond acceptors (Lipinski definition) is 4. The van der Waals surface area contributed by atoms with Gasteiger partial charge in [-0.1, -0.05) is 49.1 Å². The minimum Gasteiger partial charge on any atom is -0.349 e. The molecule has 1 heterocycles. The summed E-state index contributed by atoms with van der Waals surface area (Å²) in [5.74, 6) is 0.672. The third-order valence-electron chi connectivity index (χ3n) is 5.37. The van der Waals surface area contributed by atoms with Gasteiger partial charge in [-0.15, -0.1) is 10.2 Å². The number of carbonyl (C=O) groups excluding carboxylic acids is 1. The fraction of sp³-hybridized carbons (Fsp3) is 0.292. The topological polar surface area (TPSA) is 66.9 Å². The van der Waals surface area contributed by atoms with Crippen molar-refractivity contribution in [1.29, 1.82) is 0 Å². The second-order valence-corrected chi connectivity index (χ2v) is 7.68. The Kier molecular flexibility index (Phi) is 5.84. The molecule has 1 aromatic heterocycles. The van der Waals surface area contributed by atoms with Gasteiger partial charge in [0.2, 0.25) is 0 Å². The lowest BCUT2D eigenvalue weighted by molar-refractivity contribution is 0.0928. The van der Waals surface area contributed by atoms with Gasteiger partial charge >= 0.3 is 0 Å². The minimum atomic E-state index is 0.00527. The Balaban J connectivity index is 1.37. The van der Waals surface area contributed by atoms with Crippen LogP contribution in [0.25, 0.3) is 11.3 Å². The fourth-order valence-corrected chi connectivity index (χ4v) is 3.65. The van der Waals surface area contributed by atoms with Crippen LogP contribution in [-0.4, -0.2) is 22.1 Å². The lowest BCUT2D eigenvalue weighted by Crippen LogP contribution is -2.36. The summed E-state index contributed by atoms with van der Waals surface area (Å²) >= 11 is 0. The molecule has 3 aromatic rings. The first-order chi connectivity index (χ1) is 14.2. The van der Waals surface area contributed by atoms with Gasteiger partial charge in [-0.05, 0) is 56.2 Å². The molecule has 2 N–H and O–H groups in total. The van der Waals surface area contributed by atoms with E-state index in [0.29, 0.717) is 17.4 Å². The third kappa shape index (κ3) is 4.99. The fourth-order valence-electron chi connectivity index (χ4n) is 3.65. The van der Waals surface area contributed by atoms with Crippen LogP contribution < -0.4 is 10.6 Å². The Labute approximate surface area is 171 Å². The maximum atomic E-state index is 12.4. The van der Waals surface area contributed by atoms with Crippen LogP contribution in [0.5, 0.6) is 0 Å². The maximum Gasteiger partial charge on any atom is 0.251 e. The quantitative estimate of drug-likeness (QED) is 0.628. The number of carbonyl (C=O) groups is 1. The average molecular weight is 386 g/mol. The summed E-state index contributed by atoms with van der Waals surface area (Å²) in [6, 6.07) is 19.9. The van der Waals surface area contributed by atoms with Gasteiger partial charge in [0, 0.05) is 22.9 Å². The summed E-state index contributed by atoms with van der Waals surface area (Å²) in [5, 5.41) is 15.0. The number of anilines is 2. The predicted octanol–water partition coefficient (Wildman–Crippen LogP) is 5.26. The second-order valence-electron chi connectivity index (χ2n) is 7.68. The summed E-state index contributed by atoms with van der Waals surface area (Å²) in [6.07, 6.45) is 5.86. The number of rotatable bonds is 5. The zero-order chi connectivity index (χ0) is 20.1. The van der Waals surface area contributed by atoms with Crippen LogP contribution in [0.4, 0.5) is 11.5 Å². The van der Waals surface area contributed by atoms with Crippen molar-refractivity contribution in [2.45, 2.75) is 45.1 Å². The Morgan fingerprint density at radius 1 is 0.862 bits per heavy atom. The van der Waals surface area contributed by atoms with Crippen molar-refractivity contribution in [3.8, 4) is 11.3 Å².